The second-order valence-corrected chi connectivity index (χ2v) is 10.2. The average molecular weight is 546 g/mol. The van der Waals surface area contributed by atoms with Gasteiger partial charge in [-0.15, -0.1) is 0 Å². The number of benzene rings is 2. The van der Waals surface area contributed by atoms with Crippen LogP contribution in [0.5, 0.6) is 0 Å². The zero-order chi connectivity index (χ0) is 22.8. The van der Waals surface area contributed by atoms with Crippen LogP contribution in [0, 0.1) is 6.92 Å². The van der Waals surface area contributed by atoms with E-state index < -0.39 is 16.0 Å². The van der Waals surface area contributed by atoms with Crippen molar-refractivity contribution in [3.05, 3.63) is 63.8 Å². The molecule has 31 heavy (non-hydrogen) atoms. The van der Waals surface area contributed by atoms with E-state index in [0.717, 1.165) is 5.56 Å². The van der Waals surface area contributed by atoms with Crippen LogP contribution in [0.3, 0.4) is 0 Å². The second kappa shape index (κ2) is 9.73. The summed E-state index contributed by atoms with van der Waals surface area (Å²) >= 11 is 15.9. The number of aromatic nitrogens is 1. The van der Waals surface area contributed by atoms with E-state index in [9.17, 15) is 13.2 Å². The summed E-state index contributed by atoms with van der Waals surface area (Å²) in [4.78, 5) is 16.7. The highest BCUT2D eigenvalue weighted by Crippen LogP contribution is 2.37. The fourth-order valence-electron chi connectivity index (χ4n) is 3.08. The third kappa shape index (κ3) is 4.98. The molecule has 164 valence electrons. The minimum atomic E-state index is -3.97. The number of carbonyl (C=O) groups excluding carboxylic acids is 1. The van der Waals surface area contributed by atoms with Crippen LogP contribution in [-0.4, -0.2) is 38.4 Å². The number of esters is 1. The summed E-state index contributed by atoms with van der Waals surface area (Å²) in [6.07, 6.45) is 0.522. The van der Waals surface area contributed by atoms with Crippen molar-refractivity contribution in [1.29, 1.82) is 0 Å². The van der Waals surface area contributed by atoms with Gasteiger partial charge in [0.25, 0.3) is 10.0 Å². The molecule has 0 aliphatic carbocycles. The Balaban J connectivity index is 2.33. The molecule has 0 amide bonds. The second-order valence-electron chi connectivity index (χ2n) is 6.73. The number of pyridine rings is 1. The molecule has 0 spiro atoms. The fraction of sp³-hybridized carbons (Fsp3) is 0.238. The molecule has 0 saturated heterocycles. The van der Waals surface area contributed by atoms with Crippen LogP contribution in [0.15, 0.2) is 47.4 Å². The van der Waals surface area contributed by atoms with Crippen molar-refractivity contribution in [2.45, 2.75) is 18.2 Å². The predicted molar refractivity (Wildman–Crippen MR) is 127 cm³/mol. The number of halogens is 3. The molecule has 0 atom stereocenters. The Bertz CT molecular complexity index is 1230. The van der Waals surface area contributed by atoms with Crippen LogP contribution in [0.1, 0.15) is 22.5 Å². The van der Waals surface area contributed by atoms with Gasteiger partial charge >= 0.3 is 5.97 Å². The summed E-state index contributed by atoms with van der Waals surface area (Å²) in [6.45, 7) is 2.03. The monoisotopic (exact) mass is 544 g/mol. The van der Waals surface area contributed by atoms with Crippen LogP contribution in [-0.2, 0) is 14.8 Å². The van der Waals surface area contributed by atoms with Crippen molar-refractivity contribution in [3.8, 4) is 0 Å². The molecule has 1 heterocycles. The first kappa shape index (κ1) is 23.8. The molecule has 3 aromatic rings. The average Bonchev–Trinajstić information content (AvgIpc) is 2.72. The molecule has 0 unspecified atom stereocenters. The number of hydrogen-bond donors (Lipinski definition) is 0. The lowest BCUT2D eigenvalue weighted by molar-refractivity contribution is 0.0594. The molecule has 10 heteroatoms. The highest BCUT2D eigenvalue weighted by Gasteiger charge is 2.28. The van der Waals surface area contributed by atoms with Crippen molar-refractivity contribution < 1.29 is 17.9 Å². The highest BCUT2D eigenvalue weighted by atomic mass is 79.9. The van der Waals surface area contributed by atoms with Gasteiger partial charge in [0.1, 0.15) is 0 Å². The maximum absolute atomic E-state index is 13.6. The first-order valence-electron chi connectivity index (χ1n) is 9.22. The summed E-state index contributed by atoms with van der Waals surface area (Å²) in [5, 5.41) is 1.50. The molecule has 0 fully saturated rings. The zero-order valence-electron chi connectivity index (χ0n) is 16.7. The number of carbonyl (C=O) groups is 1. The molecule has 0 bridgehead atoms. The smallest absolute Gasteiger partial charge is 0.356 e. The van der Waals surface area contributed by atoms with Crippen molar-refractivity contribution in [3.63, 3.8) is 0 Å². The molecule has 0 radical (unpaired) electrons. The molecule has 0 N–H and O–H groups in total. The summed E-state index contributed by atoms with van der Waals surface area (Å²) in [5.41, 5.74) is 1.41. The lowest BCUT2D eigenvalue weighted by Gasteiger charge is -2.26. The topological polar surface area (TPSA) is 76.6 Å². The Hall–Kier alpha value is -1.87. The SMILES string of the molecule is COC(=O)c1cc(N(CCCBr)S(=O)(=O)c2ccc(C)cc2)c2c(Cl)cc(Cl)cc2n1. The zero-order valence-corrected chi connectivity index (χ0v) is 20.6. The third-order valence-corrected chi connectivity index (χ3v) is 7.48. The van der Waals surface area contributed by atoms with Crippen LogP contribution in [0.25, 0.3) is 10.9 Å². The van der Waals surface area contributed by atoms with Gasteiger partial charge in [-0.2, -0.15) is 0 Å². The molecular weight excluding hydrogens is 527 g/mol. The molecule has 1 aromatic heterocycles. The molecule has 3 rings (SSSR count). The van der Waals surface area contributed by atoms with Crippen LogP contribution < -0.4 is 4.31 Å². The maximum atomic E-state index is 13.6. The first-order valence-corrected chi connectivity index (χ1v) is 12.5. The Kier molecular flexibility index (Phi) is 7.47. The Morgan fingerprint density at radius 2 is 1.84 bits per heavy atom. The molecule has 6 nitrogen and oxygen atoms in total. The van der Waals surface area contributed by atoms with Crippen molar-refractivity contribution >= 4 is 71.7 Å². The number of aryl methyl sites for hydroxylation is 1. The number of rotatable bonds is 7. The third-order valence-electron chi connectivity index (χ3n) is 4.57. The minimum Gasteiger partial charge on any atom is -0.464 e. The van der Waals surface area contributed by atoms with Crippen LogP contribution in [0.2, 0.25) is 10.0 Å². The lowest BCUT2D eigenvalue weighted by atomic mass is 10.1. The predicted octanol–water partition coefficient (Wildman–Crippen LogP) is 5.62. The summed E-state index contributed by atoms with van der Waals surface area (Å²) in [5.74, 6) is -0.701. The van der Waals surface area contributed by atoms with Gasteiger partial charge in [-0.3, -0.25) is 4.31 Å². The van der Waals surface area contributed by atoms with E-state index in [-0.39, 0.29) is 27.8 Å². The van der Waals surface area contributed by atoms with Crippen LogP contribution >= 0.6 is 39.1 Å². The minimum absolute atomic E-state index is 0.0497. The van der Waals surface area contributed by atoms with Crippen molar-refractivity contribution in [2.75, 3.05) is 23.3 Å². The molecule has 0 aliphatic heterocycles. The number of fused-ring (bicyclic) bond motifs is 1. The summed E-state index contributed by atoms with van der Waals surface area (Å²) < 4.78 is 33.3. The summed E-state index contributed by atoms with van der Waals surface area (Å²) in [7, 11) is -2.74. The van der Waals surface area contributed by atoms with Crippen LogP contribution in [0.4, 0.5) is 5.69 Å². The fourth-order valence-corrected chi connectivity index (χ4v) is 5.42. The summed E-state index contributed by atoms with van der Waals surface area (Å²) in [6, 6.07) is 11.0. The standard InChI is InChI=1S/C21H19BrCl2N2O4S/c1-13-4-6-15(7-5-13)31(28,29)26(9-3-8-22)19-12-18(21(27)30-2)25-17-11-14(23)10-16(24)20(17)19/h4-7,10-12H,3,8-9H2,1-2H3. The van der Waals surface area contributed by atoms with Gasteiger partial charge in [0, 0.05) is 22.3 Å². The number of nitrogens with zero attached hydrogens (tertiary/aromatic N) is 2. The highest BCUT2D eigenvalue weighted by molar-refractivity contribution is 9.09. The number of hydrogen-bond acceptors (Lipinski definition) is 5. The maximum Gasteiger partial charge on any atom is 0.356 e. The van der Waals surface area contributed by atoms with Gasteiger partial charge in [0.2, 0.25) is 0 Å². The van der Waals surface area contributed by atoms with E-state index in [1.54, 1.807) is 24.3 Å². The number of methoxy groups -OCH3 is 1. The van der Waals surface area contributed by atoms with E-state index in [1.165, 1.54) is 29.6 Å². The normalized spacial score (nSPS) is 11.5. The van der Waals surface area contributed by atoms with E-state index in [1.807, 2.05) is 6.92 Å². The number of anilines is 1. The molecular formula is C21H19BrCl2N2O4S. The van der Waals surface area contributed by atoms with E-state index in [2.05, 4.69) is 20.9 Å². The number of sulfonamides is 1. The number of ether oxygens (including phenoxy) is 1. The lowest BCUT2D eigenvalue weighted by Crippen LogP contribution is -2.33. The largest absolute Gasteiger partial charge is 0.464 e. The molecule has 2 aromatic carbocycles. The Labute approximate surface area is 199 Å². The van der Waals surface area contributed by atoms with Gasteiger partial charge < -0.3 is 4.74 Å². The van der Waals surface area contributed by atoms with Gasteiger partial charge in [0.05, 0.1) is 28.2 Å². The molecule has 0 aliphatic rings. The van der Waals surface area contributed by atoms with Gasteiger partial charge in [0.15, 0.2) is 5.69 Å². The van der Waals surface area contributed by atoms with E-state index >= 15 is 0 Å². The van der Waals surface area contributed by atoms with E-state index in [4.69, 9.17) is 27.9 Å². The van der Waals surface area contributed by atoms with Crippen molar-refractivity contribution in [2.24, 2.45) is 0 Å². The Morgan fingerprint density at radius 1 is 1.16 bits per heavy atom. The molecule has 0 saturated carbocycles. The van der Waals surface area contributed by atoms with E-state index in [0.29, 0.717) is 27.7 Å². The van der Waals surface area contributed by atoms with Gasteiger partial charge in [-0.1, -0.05) is 56.8 Å². The van der Waals surface area contributed by atoms with Crippen molar-refractivity contribution in [1.82, 2.24) is 4.98 Å². The number of alkyl halides is 1. The quantitative estimate of drug-likeness (QED) is 0.284. The first-order chi connectivity index (χ1) is 14.7. The Morgan fingerprint density at radius 3 is 2.45 bits per heavy atom. The van der Waals surface area contributed by atoms with Gasteiger partial charge in [-0.05, 0) is 43.7 Å². The van der Waals surface area contributed by atoms with Gasteiger partial charge in [-0.25, -0.2) is 18.2 Å².